The molecule has 2 aromatic heterocycles. The fraction of sp³-hybridized carbons (Fsp3) is 0.500. The third-order valence-corrected chi connectivity index (χ3v) is 5.41. The van der Waals surface area contributed by atoms with E-state index in [1.54, 1.807) is 25.4 Å². The molecular weight excluding hydrogens is 353 g/mol. The molecule has 0 unspecified atom stereocenters. The highest BCUT2D eigenvalue weighted by atomic mass is 32.1. The van der Waals surface area contributed by atoms with E-state index >= 15 is 0 Å². The second-order valence-corrected chi connectivity index (χ2v) is 7.02. The summed E-state index contributed by atoms with van der Waals surface area (Å²) in [6, 6.07) is 0.775. The lowest BCUT2D eigenvalue weighted by molar-refractivity contribution is -0.187. The molecule has 25 heavy (non-hydrogen) atoms. The molecule has 0 aliphatic heterocycles. The summed E-state index contributed by atoms with van der Waals surface area (Å²) in [7, 11) is 0. The normalized spacial score (nSPS) is 21.1. The van der Waals surface area contributed by atoms with Crippen molar-refractivity contribution >= 4 is 17.2 Å². The lowest BCUT2D eigenvalue weighted by Gasteiger charge is -2.33. The van der Waals surface area contributed by atoms with Crippen LogP contribution < -0.4 is 5.32 Å². The molecule has 2 aromatic rings. The summed E-state index contributed by atoms with van der Waals surface area (Å²) in [6.45, 7) is 1.65. The van der Waals surface area contributed by atoms with Gasteiger partial charge >= 0.3 is 6.18 Å². The van der Waals surface area contributed by atoms with Crippen molar-refractivity contribution in [3.63, 3.8) is 0 Å². The summed E-state index contributed by atoms with van der Waals surface area (Å²) < 4.78 is 39.5. The third kappa shape index (κ3) is 3.97. The highest BCUT2D eigenvalue weighted by molar-refractivity contribution is 7.17. The quantitative estimate of drug-likeness (QED) is 0.893. The van der Waals surface area contributed by atoms with Crippen molar-refractivity contribution in [2.24, 2.45) is 5.92 Å². The van der Waals surface area contributed by atoms with Crippen LogP contribution >= 0.6 is 11.3 Å². The first-order valence-corrected chi connectivity index (χ1v) is 8.80. The maximum absolute atomic E-state index is 13.2. The Morgan fingerprint density at radius 3 is 2.60 bits per heavy atom. The standard InChI is InChI=1S/C16H17F3N4OS/c1-9-12(25-15(22-9)13-20-7-4-8-21-13)14(24)23-11-6-3-2-5-10(11)16(17,18)19/h4,7-8,10-11H,2-3,5-6H2,1H3,(H,23,24)/t10-,11-/m0/s1. The first-order valence-electron chi connectivity index (χ1n) is 7.98. The van der Waals surface area contributed by atoms with Gasteiger partial charge in [-0.2, -0.15) is 13.2 Å². The van der Waals surface area contributed by atoms with Gasteiger partial charge in [-0.1, -0.05) is 12.8 Å². The lowest BCUT2D eigenvalue weighted by atomic mass is 9.84. The van der Waals surface area contributed by atoms with Crippen LogP contribution in [0, 0.1) is 12.8 Å². The Balaban J connectivity index is 1.78. The summed E-state index contributed by atoms with van der Waals surface area (Å²) in [6.07, 6.45) is 0.434. The Morgan fingerprint density at radius 1 is 1.24 bits per heavy atom. The largest absolute Gasteiger partial charge is 0.393 e. The predicted molar refractivity (Wildman–Crippen MR) is 87.1 cm³/mol. The number of aromatic nitrogens is 3. The summed E-state index contributed by atoms with van der Waals surface area (Å²) in [5.74, 6) is -1.62. The molecule has 1 aliphatic carbocycles. The van der Waals surface area contributed by atoms with E-state index in [9.17, 15) is 18.0 Å². The Bertz CT molecular complexity index is 748. The molecule has 0 saturated heterocycles. The van der Waals surface area contributed by atoms with E-state index in [4.69, 9.17) is 0 Å². The van der Waals surface area contributed by atoms with E-state index in [1.165, 1.54) is 0 Å². The molecule has 1 N–H and O–H groups in total. The van der Waals surface area contributed by atoms with Crippen LogP contribution in [0.15, 0.2) is 18.5 Å². The van der Waals surface area contributed by atoms with Crippen LogP contribution in [0.5, 0.6) is 0 Å². The number of thiazole rings is 1. The topological polar surface area (TPSA) is 67.8 Å². The van der Waals surface area contributed by atoms with Crippen molar-refractivity contribution < 1.29 is 18.0 Å². The number of alkyl halides is 3. The fourth-order valence-electron chi connectivity index (χ4n) is 3.04. The number of halogens is 3. The Kier molecular flexibility index (Phi) is 5.03. The number of rotatable bonds is 3. The minimum absolute atomic E-state index is 0.0548. The molecule has 1 saturated carbocycles. The van der Waals surface area contributed by atoms with Gasteiger partial charge in [0.25, 0.3) is 5.91 Å². The number of nitrogens with zero attached hydrogens (tertiary/aromatic N) is 3. The number of hydrogen-bond donors (Lipinski definition) is 1. The van der Waals surface area contributed by atoms with Crippen molar-refractivity contribution in [3.05, 3.63) is 29.0 Å². The van der Waals surface area contributed by atoms with Crippen LogP contribution in [-0.2, 0) is 0 Å². The Hall–Kier alpha value is -2.03. The van der Waals surface area contributed by atoms with Gasteiger partial charge in [0.1, 0.15) is 4.88 Å². The van der Waals surface area contributed by atoms with Crippen LogP contribution in [0.1, 0.15) is 41.0 Å². The maximum Gasteiger partial charge on any atom is 0.393 e. The summed E-state index contributed by atoms with van der Waals surface area (Å²) in [5.41, 5.74) is 0.462. The highest BCUT2D eigenvalue weighted by Gasteiger charge is 2.46. The molecule has 1 amide bonds. The average Bonchev–Trinajstić information content (AvgIpc) is 2.97. The average molecular weight is 370 g/mol. The lowest BCUT2D eigenvalue weighted by Crippen LogP contribution is -2.47. The van der Waals surface area contributed by atoms with Gasteiger partial charge < -0.3 is 5.32 Å². The second kappa shape index (κ2) is 7.07. The van der Waals surface area contributed by atoms with Crippen molar-refractivity contribution in [1.29, 1.82) is 0 Å². The smallest absolute Gasteiger partial charge is 0.348 e. The van der Waals surface area contributed by atoms with E-state index < -0.39 is 24.0 Å². The van der Waals surface area contributed by atoms with Crippen LogP contribution in [0.2, 0.25) is 0 Å². The SMILES string of the molecule is Cc1nc(-c2ncccn2)sc1C(=O)N[C@H]1CCCC[C@@H]1C(F)(F)F. The molecule has 0 radical (unpaired) electrons. The van der Waals surface area contributed by atoms with Gasteiger partial charge in [-0.05, 0) is 25.8 Å². The summed E-state index contributed by atoms with van der Waals surface area (Å²) >= 11 is 1.09. The monoisotopic (exact) mass is 370 g/mol. The first-order chi connectivity index (χ1) is 11.9. The van der Waals surface area contributed by atoms with Gasteiger partial charge in [-0.3, -0.25) is 4.79 Å². The van der Waals surface area contributed by atoms with Gasteiger partial charge in [-0.15, -0.1) is 11.3 Å². The molecule has 3 rings (SSSR count). The minimum Gasteiger partial charge on any atom is -0.348 e. The van der Waals surface area contributed by atoms with E-state index in [1.807, 2.05) is 0 Å². The second-order valence-electron chi connectivity index (χ2n) is 6.02. The van der Waals surface area contributed by atoms with E-state index in [0.717, 1.165) is 11.3 Å². The molecule has 0 bridgehead atoms. The van der Waals surface area contributed by atoms with Crippen molar-refractivity contribution in [2.45, 2.75) is 44.8 Å². The highest BCUT2D eigenvalue weighted by Crippen LogP contribution is 2.38. The van der Waals surface area contributed by atoms with Crippen LogP contribution in [0.25, 0.3) is 10.8 Å². The zero-order valence-corrected chi connectivity index (χ0v) is 14.3. The molecule has 0 aromatic carbocycles. The maximum atomic E-state index is 13.2. The molecule has 134 valence electrons. The molecule has 9 heteroatoms. The van der Waals surface area contributed by atoms with Gasteiger partial charge in [-0.25, -0.2) is 15.0 Å². The Morgan fingerprint density at radius 2 is 1.92 bits per heavy atom. The predicted octanol–water partition coefficient (Wildman–Crippen LogP) is 3.76. The summed E-state index contributed by atoms with van der Waals surface area (Å²) in [4.78, 5) is 25.2. The minimum atomic E-state index is -4.30. The Labute approximate surface area is 146 Å². The van der Waals surface area contributed by atoms with Gasteiger partial charge in [0, 0.05) is 18.4 Å². The summed E-state index contributed by atoms with van der Waals surface area (Å²) in [5, 5.41) is 3.04. The van der Waals surface area contributed by atoms with E-state index in [2.05, 4.69) is 20.3 Å². The van der Waals surface area contributed by atoms with Crippen molar-refractivity contribution in [2.75, 3.05) is 0 Å². The zero-order chi connectivity index (χ0) is 18.0. The third-order valence-electron chi connectivity index (χ3n) is 4.26. The fourth-order valence-corrected chi connectivity index (χ4v) is 3.96. The first kappa shape index (κ1) is 17.8. The number of carbonyl (C=O) groups is 1. The van der Waals surface area contributed by atoms with Gasteiger partial charge in [0.2, 0.25) is 0 Å². The molecule has 2 atom stereocenters. The molecule has 0 spiro atoms. The van der Waals surface area contributed by atoms with Crippen molar-refractivity contribution in [1.82, 2.24) is 20.3 Å². The van der Waals surface area contributed by atoms with Gasteiger partial charge in [0.05, 0.1) is 11.6 Å². The number of nitrogens with one attached hydrogen (secondary N) is 1. The molecule has 1 fully saturated rings. The molecule has 2 heterocycles. The molecular formula is C16H17F3N4OS. The van der Waals surface area contributed by atoms with Crippen LogP contribution in [0.3, 0.4) is 0 Å². The number of aryl methyl sites for hydroxylation is 1. The number of amides is 1. The zero-order valence-electron chi connectivity index (χ0n) is 13.5. The van der Waals surface area contributed by atoms with Crippen molar-refractivity contribution in [3.8, 4) is 10.8 Å². The van der Waals surface area contributed by atoms with Crippen LogP contribution in [-0.4, -0.2) is 33.1 Å². The van der Waals surface area contributed by atoms with Crippen LogP contribution in [0.4, 0.5) is 13.2 Å². The van der Waals surface area contributed by atoms with Gasteiger partial charge in [0.15, 0.2) is 10.8 Å². The van der Waals surface area contributed by atoms with E-state index in [0.29, 0.717) is 40.7 Å². The van der Waals surface area contributed by atoms with E-state index in [-0.39, 0.29) is 6.42 Å². The number of carbonyl (C=O) groups excluding carboxylic acids is 1. The molecule has 1 aliphatic rings. The number of hydrogen-bond acceptors (Lipinski definition) is 5. The molecule has 5 nitrogen and oxygen atoms in total.